The van der Waals surface area contributed by atoms with Crippen LogP contribution in [0.1, 0.15) is 16.1 Å². The van der Waals surface area contributed by atoms with Crippen LogP contribution in [0.3, 0.4) is 0 Å². The number of H-pyrrole nitrogens is 1. The number of aromatic amines is 1. The molecule has 0 spiro atoms. The number of likely N-dealkylation sites (N-methyl/N-ethyl adjacent to an activating group) is 2. The minimum absolute atomic E-state index is 0.172. The molecular formula is C18H27N5O2. The van der Waals surface area contributed by atoms with Crippen LogP contribution in [0.4, 0.5) is 0 Å². The molecule has 0 saturated carbocycles. The molecule has 1 aromatic heterocycles. The summed E-state index contributed by atoms with van der Waals surface area (Å²) >= 11 is 0. The van der Waals surface area contributed by atoms with Gasteiger partial charge in [-0.1, -0.05) is 11.6 Å². The number of piperazine rings is 1. The first kappa shape index (κ1) is 17.8. The molecule has 1 atom stereocenters. The number of aliphatic hydroxyl groups excluding tert-OH is 1. The molecule has 1 aliphatic rings. The number of amides is 1. The number of benzene rings is 1. The van der Waals surface area contributed by atoms with Gasteiger partial charge >= 0.3 is 0 Å². The molecule has 7 nitrogen and oxygen atoms in total. The van der Waals surface area contributed by atoms with Gasteiger partial charge in [-0.2, -0.15) is 5.10 Å². The van der Waals surface area contributed by atoms with E-state index in [0.717, 1.165) is 42.6 Å². The van der Waals surface area contributed by atoms with Crippen LogP contribution in [-0.2, 0) is 0 Å². The third kappa shape index (κ3) is 4.18. The molecule has 1 aliphatic heterocycles. The van der Waals surface area contributed by atoms with E-state index in [4.69, 9.17) is 0 Å². The highest BCUT2D eigenvalue weighted by molar-refractivity contribution is 6.04. The molecule has 1 fully saturated rings. The SMILES string of the molecule is Cc1ccc2[nH]nc(C(=O)N(C)CC(O)CN3CCN(C)CC3)c2c1. The van der Waals surface area contributed by atoms with Gasteiger partial charge in [0.05, 0.1) is 11.6 Å². The number of fused-ring (bicyclic) bond motifs is 1. The van der Waals surface area contributed by atoms with Crippen molar-refractivity contribution in [3.05, 3.63) is 29.5 Å². The predicted molar refractivity (Wildman–Crippen MR) is 97.7 cm³/mol. The maximum Gasteiger partial charge on any atom is 0.274 e. The van der Waals surface area contributed by atoms with Gasteiger partial charge in [0.25, 0.3) is 5.91 Å². The molecule has 25 heavy (non-hydrogen) atoms. The number of carbonyl (C=O) groups excluding carboxylic acids is 1. The highest BCUT2D eigenvalue weighted by Gasteiger charge is 2.22. The lowest BCUT2D eigenvalue weighted by atomic mass is 10.1. The Morgan fingerprint density at radius 1 is 1.36 bits per heavy atom. The first-order valence-electron chi connectivity index (χ1n) is 8.73. The summed E-state index contributed by atoms with van der Waals surface area (Å²) < 4.78 is 0. The summed E-state index contributed by atoms with van der Waals surface area (Å²) in [5.41, 5.74) is 2.34. The van der Waals surface area contributed by atoms with E-state index >= 15 is 0 Å². The molecule has 0 radical (unpaired) electrons. The Labute approximate surface area is 148 Å². The van der Waals surface area contributed by atoms with Gasteiger partial charge in [-0.15, -0.1) is 0 Å². The van der Waals surface area contributed by atoms with Crippen LogP contribution in [0.5, 0.6) is 0 Å². The van der Waals surface area contributed by atoms with Crippen LogP contribution in [0.15, 0.2) is 18.2 Å². The second kappa shape index (κ2) is 7.51. The fourth-order valence-corrected chi connectivity index (χ4v) is 3.26. The van der Waals surface area contributed by atoms with E-state index in [1.54, 1.807) is 11.9 Å². The molecule has 2 N–H and O–H groups in total. The van der Waals surface area contributed by atoms with E-state index < -0.39 is 6.10 Å². The van der Waals surface area contributed by atoms with E-state index in [9.17, 15) is 9.90 Å². The fraction of sp³-hybridized carbons (Fsp3) is 0.556. The summed E-state index contributed by atoms with van der Waals surface area (Å²) in [6.45, 7) is 6.81. The van der Waals surface area contributed by atoms with Crippen molar-refractivity contribution in [2.45, 2.75) is 13.0 Å². The second-order valence-corrected chi connectivity index (χ2v) is 7.06. The van der Waals surface area contributed by atoms with Crippen molar-refractivity contribution >= 4 is 16.8 Å². The van der Waals surface area contributed by atoms with Gasteiger partial charge in [-0.25, -0.2) is 0 Å². The van der Waals surface area contributed by atoms with Crippen LogP contribution in [0, 0.1) is 6.92 Å². The molecule has 1 saturated heterocycles. The molecule has 136 valence electrons. The lowest BCUT2D eigenvalue weighted by molar-refractivity contribution is 0.0499. The molecule has 2 aromatic rings. The van der Waals surface area contributed by atoms with E-state index in [1.807, 2.05) is 25.1 Å². The van der Waals surface area contributed by atoms with E-state index in [-0.39, 0.29) is 5.91 Å². The van der Waals surface area contributed by atoms with Crippen molar-refractivity contribution in [2.24, 2.45) is 0 Å². The number of hydrogen-bond donors (Lipinski definition) is 2. The highest BCUT2D eigenvalue weighted by Crippen LogP contribution is 2.18. The number of β-amino-alcohol motifs (C(OH)–C–C–N with tert-alkyl or cyclic N) is 1. The van der Waals surface area contributed by atoms with E-state index in [0.29, 0.717) is 18.8 Å². The first-order valence-corrected chi connectivity index (χ1v) is 8.73. The van der Waals surface area contributed by atoms with Gasteiger partial charge in [0.1, 0.15) is 0 Å². The maximum absolute atomic E-state index is 12.7. The largest absolute Gasteiger partial charge is 0.390 e. The van der Waals surface area contributed by atoms with E-state index in [2.05, 4.69) is 27.0 Å². The molecule has 1 amide bonds. The zero-order valence-corrected chi connectivity index (χ0v) is 15.2. The lowest BCUT2D eigenvalue weighted by Gasteiger charge is -2.34. The third-order valence-corrected chi connectivity index (χ3v) is 4.82. The Morgan fingerprint density at radius 2 is 2.08 bits per heavy atom. The van der Waals surface area contributed by atoms with Gasteiger partial charge in [-0.05, 0) is 26.1 Å². The highest BCUT2D eigenvalue weighted by atomic mass is 16.3. The number of rotatable bonds is 5. The van der Waals surface area contributed by atoms with Gasteiger partial charge in [0, 0.05) is 51.7 Å². The Kier molecular flexibility index (Phi) is 5.36. The van der Waals surface area contributed by atoms with Gasteiger partial charge < -0.3 is 14.9 Å². The van der Waals surface area contributed by atoms with Crippen molar-refractivity contribution in [3.63, 3.8) is 0 Å². The Hall–Kier alpha value is -1.96. The Balaban J connectivity index is 1.60. The molecule has 0 bridgehead atoms. The van der Waals surface area contributed by atoms with Crippen LogP contribution in [0.25, 0.3) is 10.9 Å². The van der Waals surface area contributed by atoms with E-state index in [1.165, 1.54) is 0 Å². The average Bonchev–Trinajstić information content (AvgIpc) is 2.99. The quantitative estimate of drug-likeness (QED) is 0.828. The summed E-state index contributed by atoms with van der Waals surface area (Å²) in [6, 6.07) is 5.87. The molecule has 2 heterocycles. The molecule has 0 aliphatic carbocycles. The lowest BCUT2D eigenvalue weighted by Crippen LogP contribution is -2.49. The minimum Gasteiger partial charge on any atom is -0.390 e. The number of hydrogen-bond acceptors (Lipinski definition) is 5. The smallest absolute Gasteiger partial charge is 0.274 e. The van der Waals surface area contributed by atoms with Crippen LogP contribution < -0.4 is 0 Å². The molecule has 7 heteroatoms. The zero-order chi connectivity index (χ0) is 18.0. The molecule has 1 aromatic carbocycles. The van der Waals surface area contributed by atoms with Crippen molar-refractivity contribution in [3.8, 4) is 0 Å². The van der Waals surface area contributed by atoms with Crippen molar-refractivity contribution in [1.82, 2.24) is 24.9 Å². The van der Waals surface area contributed by atoms with Crippen LogP contribution >= 0.6 is 0 Å². The van der Waals surface area contributed by atoms with Crippen LogP contribution in [0.2, 0.25) is 0 Å². The number of nitrogens with zero attached hydrogens (tertiary/aromatic N) is 4. The summed E-state index contributed by atoms with van der Waals surface area (Å²) in [6.07, 6.45) is -0.565. The van der Waals surface area contributed by atoms with Crippen molar-refractivity contribution in [2.75, 3.05) is 53.4 Å². The monoisotopic (exact) mass is 345 g/mol. The minimum atomic E-state index is -0.565. The summed E-state index contributed by atoms with van der Waals surface area (Å²) in [5, 5.41) is 18.3. The standard InChI is InChI=1S/C18H27N5O2/c1-13-4-5-16-15(10-13)17(20-19-16)18(25)22(3)11-14(24)12-23-8-6-21(2)7-9-23/h4-5,10,14,24H,6-9,11-12H2,1-3H3,(H,19,20). The summed E-state index contributed by atoms with van der Waals surface area (Å²) in [5.74, 6) is -0.172. The predicted octanol–water partition coefficient (Wildman–Crippen LogP) is 0.552. The van der Waals surface area contributed by atoms with Gasteiger partial charge in [0.2, 0.25) is 0 Å². The summed E-state index contributed by atoms with van der Waals surface area (Å²) in [7, 11) is 3.82. The molecule has 1 unspecified atom stereocenters. The third-order valence-electron chi connectivity index (χ3n) is 4.82. The van der Waals surface area contributed by atoms with Gasteiger partial charge in [-0.3, -0.25) is 14.8 Å². The number of aromatic nitrogens is 2. The Bertz CT molecular complexity index is 736. The second-order valence-electron chi connectivity index (χ2n) is 7.06. The number of carbonyl (C=O) groups is 1. The molecular weight excluding hydrogens is 318 g/mol. The normalized spacial score (nSPS) is 17.8. The first-order chi connectivity index (χ1) is 11.9. The topological polar surface area (TPSA) is 75.7 Å². The van der Waals surface area contributed by atoms with Crippen molar-refractivity contribution in [1.29, 1.82) is 0 Å². The zero-order valence-electron chi connectivity index (χ0n) is 15.2. The molecule has 3 rings (SSSR count). The van der Waals surface area contributed by atoms with Crippen molar-refractivity contribution < 1.29 is 9.90 Å². The number of aliphatic hydroxyl groups is 1. The summed E-state index contributed by atoms with van der Waals surface area (Å²) in [4.78, 5) is 18.8. The van der Waals surface area contributed by atoms with Crippen LogP contribution in [-0.4, -0.2) is 95.4 Å². The maximum atomic E-state index is 12.7. The fourth-order valence-electron chi connectivity index (χ4n) is 3.26. The Morgan fingerprint density at radius 3 is 2.80 bits per heavy atom. The number of nitrogens with one attached hydrogen (secondary N) is 1. The number of aryl methyl sites for hydroxylation is 1. The van der Waals surface area contributed by atoms with Gasteiger partial charge in [0.15, 0.2) is 5.69 Å². The average molecular weight is 345 g/mol.